The maximum Gasteiger partial charge on any atom is 0.277 e. The van der Waals surface area contributed by atoms with E-state index < -0.39 is 37.4 Å². The van der Waals surface area contributed by atoms with Crippen molar-refractivity contribution in [3.63, 3.8) is 0 Å². The van der Waals surface area contributed by atoms with Gasteiger partial charge in [0.2, 0.25) is 5.91 Å². The van der Waals surface area contributed by atoms with Crippen LogP contribution in [0.15, 0.2) is 24.4 Å². The molecule has 0 spiro atoms. The molecule has 10 heteroatoms. The van der Waals surface area contributed by atoms with E-state index in [1.807, 2.05) is 5.32 Å². The van der Waals surface area contributed by atoms with Gasteiger partial charge in [0.05, 0.1) is 19.6 Å². The minimum atomic E-state index is -3.15. The molecule has 6 nitrogen and oxygen atoms in total. The topological polar surface area (TPSA) is 97.1 Å². The summed E-state index contributed by atoms with van der Waals surface area (Å²) in [5.41, 5.74) is 4.95. The molecular formula is C11H16Cl2F2N4O2. The molecule has 0 unspecified atom stereocenters. The molecule has 0 aliphatic rings. The van der Waals surface area contributed by atoms with Gasteiger partial charge in [-0.15, -0.1) is 24.8 Å². The number of pyridine rings is 1. The van der Waals surface area contributed by atoms with Crippen molar-refractivity contribution in [3.05, 3.63) is 30.1 Å². The summed E-state index contributed by atoms with van der Waals surface area (Å²) < 4.78 is 25.5. The van der Waals surface area contributed by atoms with Gasteiger partial charge in [-0.2, -0.15) is 0 Å². The summed E-state index contributed by atoms with van der Waals surface area (Å²) in [6.45, 7) is -2.12. The Morgan fingerprint density at radius 2 is 1.90 bits per heavy atom. The van der Waals surface area contributed by atoms with Gasteiger partial charge in [-0.1, -0.05) is 6.07 Å². The molecule has 0 aliphatic carbocycles. The molecule has 1 heterocycles. The first-order valence-electron chi connectivity index (χ1n) is 5.48. The van der Waals surface area contributed by atoms with Crippen LogP contribution in [0.1, 0.15) is 10.5 Å². The molecule has 1 rings (SSSR count). The Morgan fingerprint density at radius 1 is 1.24 bits per heavy atom. The highest BCUT2D eigenvalue weighted by atomic mass is 35.5. The number of aromatic nitrogens is 1. The van der Waals surface area contributed by atoms with Crippen molar-refractivity contribution in [1.82, 2.24) is 15.6 Å². The fourth-order valence-corrected chi connectivity index (χ4v) is 1.11. The first-order chi connectivity index (χ1) is 8.94. The lowest BCUT2D eigenvalue weighted by Crippen LogP contribution is -2.45. The minimum absolute atomic E-state index is 0. The van der Waals surface area contributed by atoms with Crippen molar-refractivity contribution in [2.45, 2.75) is 5.92 Å². The van der Waals surface area contributed by atoms with Gasteiger partial charge in [0.25, 0.3) is 11.8 Å². The van der Waals surface area contributed by atoms with Crippen molar-refractivity contribution in [2.24, 2.45) is 5.73 Å². The van der Waals surface area contributed by atoms with E-state index in [-0.39, 0.29) is 30.5 Å². The molecule has 0 bridgehead atoms. The molecule has 0 radical (unpaired) electrons. The third kappa shape index (κ3) is 8.38. The molecule has 1 aromatic rings. The SMILES string of the molecule is Cl.Cl.NCC(F)(F)CNC(=O)CNC(=O)c1ccccn1. The summed E-state index contributed by atoms with van der Waals surface area (Å²) in [6.07, 6.45) is 1.43. The number of amides is 2. The largest absolute Gasteiger partial charge is 0.348 e. The predicted octanol–water partition coefficient (Wildman–Crippen LogP) is 0.365. The van der Waals surface area contributed by atoms with E-state index in [1.165, 1.54) is 12.3 Å². The predicted molar refractivity (Wildman–Crippen MR) is 78.1 cm³/mol. The molecule has 1 aromatic heterocycles. The number of halogens is 4. The molecular weight excluding hydrogens is 329 g/mol. The van der Waals surface area contributed by atoms with E-state index in [4.69, 9.17) is 5.73 Å². The summed E-state index contributed by atoms with van der Waals surface area (Å²) in [5.74, 6) is -4.43. The fourth-order valence-electron chi connectivity index (χ4n) is 1.11. The van der Waals surface area contributed by atoms with Crippen LogP contribution in [0.5, 0.6) is 0 Å². The maximum atomic E-state index is 12.7. The number of hydrogen-bond donors (Lipinski definition) is 3. The van der Waals surface area contributed by atoms with Crippen LogP contribution in [0.3, 0.4) is 0 Å². The van der Waals surface area contributed by atoms with Crippen molar-refractivity contribution < 1.29 is 18.4 Å². The molecule has 0 fully saturated rings. The van der Waals surface area contributed by atoms with Gasteiger partial charge in [0.1, 0.15) is 5.69 Å². The zero-order valence-corrected chi connectivity index (χ0v) is 12.5. The minimum Gasteiger partial charge on any atom is -0.348 e. The lowest BCUT2D eigenvalue weighted by molar-refractivity contribution is -0.121. The Bertz CT molecular complexity index is 449. The number of nitrogens with two attached hydrogens (primary N) is 1. The average molecular weight is 345 g/mol. The monoisotopic (exact) mass is 344 g/mol. The molecule has 0 aliphatic heterocycles. The Hall–Kier alpha value is -1.51. The van der Waals surface area contributed by atoms with E-state index in [2.05, 4.69) is 10.3 Å². The molecule has 4 N–H and O–H groups in total. The second-order valence-corrected chi connectivity index (χ2v) is 3.73. The van der Waals surface area contributed by atoms with Crippen LogP contribution in [-0.4, -0.2) is 42.4 Å². The van der Waals surface area contributed by atoms with Gasteiger partial charge in [-0.25, -0.2) is 8.78 Å². The number of alkyl halides is 2. The average Bonchev–Trinajstić information content (AvgIpc) is 2.43. The van der Waals surface area contributed by atoms with Gasteiger partial charge in [0, 0.05) is 6.20 Å². The van der Waals surface area contributed by atoms with Crippen LogP contribution in [0.4, 0.5) is 8.78 Å². The van der Waals surface area contributed by atoms with E-state index in [0.717, 1.165) is 0 Å². The van der Waals surface area contributed by atoms with Crippen LogP contribution < -0.4 is 16.4 Å². The van der Waals surface area contributed by atoms with Crippen LogP contribution in [-0.2, 0) is 4.79 Å². The number of rotatable bonds is 6. The highest BCUT2D eigenvalue weighted by Crippen LogP contribution is 2.08. The molecule has 0 aromatic carbocycles. The van der Waals surface area contributed by atoms with E-state index in [1.54, 1.807) is 12.1 Å². The summed E-state index contributed by atoms with van der Waals surface area (Å²) in [5, 5.41) is 4.24. The van der Waals surface area contributed by atoms with E-state index in [9.17, 15) is 18.4 Å². The number of carbonyl (C=O) groups excluding carboxylic acids is 2. The first-order valence-corrected chi connectivity index (χ1v) is 5.48. The van der Waals surface area contributed by atoms with Gasteiger partial charge in [0.15, 0.2) is 0 Å². The Morgan fingerprint density at radius 3 is 2.43 bits per heavy atom. The Balaban J connectivity index is 0. The van der Waals surface area contributed by atoms with Crippen LogP contribution in [0.2, 0.25) is 0 Å². The number of carbonyl (C=O) groups is 2. The maximum absolute atomic E-state index is 12.7. The fraction of sp³-hybridized carbons (Fsp3) is 0.364. The lowest BCUT2D eigenvalue weighted by atomic mass is 10.3. The number of nitrogens with one attached hydrogen (secondary N) is 2. The third-order valence-corrected chi connectivity index (χ3v) is 2.15. The van der Waals surface area contributed by atoms with Crippen molar-refractivity contribution in [1.29, 1.82) is 0 Å². The van der Waals surface area contributed by atoms with Crippen LogP contribution >= 0.6 is 24.8 Å². The summed E-state index contributed by atoms with van der Waals surface area (Å²) >= 11 is 0. The number of hydrogen-bond acceptors (Lipinski definition) is 4. The molecule has 0 saturated carbocycles. The number of nitrogens with zero attached hydrogens (tertiary/aromatic N) is 1. The van der Waals surface area contributed by atoms with Gasteiger partial charge in [-0.05, 0) is 12.1 Å². The van der Waals surface area contributed by atoms with E-state index in [0.29, 0.717) is 0 Å². The zero-order chi connectivity index (χ0) is 14.3. The van der Waals surface area contributed by atoms with Gasteiger partial charge >= 0.3 is 0 Å². The quantitative estimate of drug-likeness (QED) is 0.694. The van der Waals surface area contributed by atoms with Gasteiger partial charge in [-0.3, -0.25) is 14.6 Å². The smallest absolute Gasteiger partial charge is 0.277 e. The Kier molecular flexibility index (Phi) is 10.6. The zero-order valence-electron chi connectivity index (χ0n) is 10.8. The summed E-state index contributed by atoms with van der Waals surface area (Å²) in [7, 11) is 0. The van der Waals surface area contributed by atoms with Crippen molar-refractivity contribution in [3.8, 4) is 0 Å². The van der Waals surface area contributed by atoms with E-state index >= 15 is 0 Å². The summed E-state index contributed by atoms with van der Waals surface area (Å²) in [4.78, 5) is 26.5. The van der Waals surface area contributed by atoms with Gasteiger partial charge < -0.3 is 16.4 Å². The standard InChI is InChI=1S/C11H14F2N4O2.2ClH/c12-11(13,6-14)7-17-9(18)5-16-10(19)8-3-1-2-4-15-8;;/h1-4H,5-7,14H2,(H,16,19)(H,17,18);2*1H. The third-order valence-electron chi connectivity index (χ3n) is 2.15. The van der Waals surface area contributed by atoms with Crippen molar-refractivity contribution in [2.75, 3.05) is 19.6 Å². The highest BCUT2D eigenvalue weighted by Gasteiger charge is 2.27. The van der Waals surface area contributed by atoms with Crippen molar-refractivity contribution >= 4 is 36.6 Å². The van der Waals surface area contributed by atoms with Crippen LogP contribution in [0, 0.1) is 0 Å². The summed E-state index contributed by atoms with van der Waals surface area (Å²) in [6, 6.07) is 4.72. The Labute approximate surface area is 132 Å². The van der Waals surface area contributed by atoms with Crippen LogP contribution in [0.25, 0.3) is 0 Å². The molecule has 0 saturated heterocycles. The normalized spacial score (nSPS) is 9.86. The molecule has 2 amide bonds. The highest BCUT2D eigenvalue weighted by molar-refractivity contribution is 5.94. The second-order valence-electron chi connectivity index (χ2n) is 3.73. The molecule has 120 valence electrons. The lowest BCUT2D eigenvalue weighted by Gasteiger charge is -2.14. The molecule has 21 heavy (non-hydrogen) atoms. The first kappa shape index (κ1) is 21.8. The molecule has 0 atom stereocenters. The second kappa shape index (κ2) is 10.3.